The third kappa shape index (κ3) is 6.94. The van der Waals surface area contributed by atoms with Crippen LogP contribution in [0.1, 0.15) is 49.1 Å². The van der Waals surface area contributed by atoms with Crippen molar-refractivity contribution < 1.29 is 19.4 Å². The zero-order valence-corrected chi connectivity index (χ0v) is 23.4. The number of aliphatic hydroxyl groups is 1. The van der Waals surface area contributed by atoms with E-state index in [-0.39, 0.29) is 5.92 Å². The monoisotopic (exact) mass is 559 g/mol. The van der Waals surface area contributed by atoms with Crippen LogP contribution in [0, 0.1) is 0 Å². The molecule has 0 saturated carbocycles. The molecular formula is C30H37N7O4. The van der Waals surface area contributed by atoms with Gasteiger partial charge in [0, 0.05) is 42.3 Å². The Morgan fingerprint density at radius 2 is 1.85 bits per heavy atom. The summed E-state index contributed by atoms with van der Waals surface area (Å²) in [6.07, 6.45) is 1.36. The fourth-order valence-corrected chi connectivity index (χ4v) is 4.94. The molecule has 4 aromatic rings. The molecule has 2 amide bonds. The van der Waals surface area contributed by atoms with Crippen LogP contribution in [-0.4, -0.2) is 70.1 Å². The summed E-state index contributed by atoms with van der Waals surface area (Å²) in [5.41, 5.74) is 10.0. The Labute approximate surface area is 239 Å². The lowest BCUT2D eigenvalue weighted by molar-refractivity contribution is 0.0358. The summed E-state index contributed by atoms with van der Waals surface area (Å²) in [6.45, 7) is 9.26. The second-order valence-corrected chi connectivity index (χ2v) is 10.4. The molecule has 1 atom stereocenters. The largest absolute Gasteiger partial charge is 0.494 e. The fraction of sp³-hybridized carbons (Fsp3) is 0.367. The molecule has 3 heterocycles. The first kappa shape index (κ1) is 28.3. The maximum Gasteiger partial charge on any atom is 0.323 e. The smallest absolute Gasteiger partial charge is 0.323 e. The van der Waals surface area contributed by atoms with E-state index in [0.717, 1.165) is 50.7 Å². The molecule has 0 bridgehead atoms. The molecule has 1 fully saturated rings. The summed E-state index contributed by atoms with van der Waals surface area (Å²) in [5, 5.41) is 21.3. The molecule has 5 N–H and O–H groups in total. The molecule has 11 nitrogen and oxygen atoms in total. The van der Waals surface area contributed by atoms with Gasteiger partial charge in [-0.1, -0.05) is 26.0 Å². The van der Waals surface area contributed by atoms with Gasteiger partial charge in [0.05, 0.1) is 19.8 Å². The number of benzene rings is 2. The number of nitrogens with zero attached hydrogens (tertiary/aromatic N) is 4. The SMILES string of the molecule is CC(C)c1cc(C(O)c2cccc(NC(=O)Nc3ccc(OCCCN4CCOCC4)cc3)c2)c2c(N)ncnn12. The summed E-state index contributed by atoms with van der Waals surface area (Å²) < 4.78 is 12.9. The van der Waals surface area contributed by atoms with Gasteiger partial charge in [0.15, 0.2) is 5.82 Å². The summed E-state index contributed by atoms with van der Waals surface area (Å²) in [4.78, 5) is 19.2. The number of fused-ring (bicyclic) bond motifs is 1. The van der Waals surface area contributed by atoms with Crippen molar-refractivity contribution in [2.24, 2.45) is 0 Å². The van der Waals surface area contributed by atoms with Crippen molar-refractivity contribution in [1.29, 1.82) is 0 Å². The van der Waals surface area contributed by atoms with Gasteiger partial charge in [-0.05, 0) is 60.4 Å². The Morgan fingerprint density at radius 1 is 1.10 bits per heavy atom. The number of rotatable bonds is 10. The number of ether oxygens (including phenoxy) is 2. The number of amides is 2. The van der Waals surface area contributed by atoms with Crippen LogP contribution >= 0.6 is 0 Å². The van der Waals surface area contributed by atoms with E-state index in [0.29, 0.717) is 40.4 Å². The molecule has 0 aliphatic carbocycles. The van der Waals surface area contributed by atoms with Crippen LogP contribution in [0.5, 0.6) is 5.75 Å². The Kier molecular flexibility index (Phi) is 8.98. The van der Waals surface area contributed by atoms with Crippen LogP contribution < -0.4 is 21.1 Å². The van der Waals surface area contributed by atoms with E-state index >= 15 is 0 Å². The molecule has 1 unspecified atom stereocenters. The molecule has 41 heavy (non-hydrogen) atoms. The molecule has 2 aromatic carbocycles. The molecule has 0 spiro atoms. The van der Waals surface area contributed by atoms with Gasteiger partial charge in [0.25, 0.3) is 0 Å². The summed E-state index contributed by atoms with van der Waals surface area (Å²) in [6, 6.07) is 15.9. The lowest BCUT2D eigenvalue weighted by Crippen LogP contribution is -2.37. The average Bonchev–Trinajstić information content (AvgIpc) is 3.38. The predicted molar refractivity (Wildman–Crippen MR) is 158 cm³/mol. The minimum absolute atomic E-state index is 0.162. The highest BCUT2D eigenvalue weighted by Gasteiger charge is 2.22. The topological polar surface area (TPSA) is 139 Å². The number of nitrogen functional groups attached to an aromatic ring is 1. The normalized spacial score (nSPS) is 14.7. The van der Waals surface area contributed by atoms with Crippen molar-refractivity contribution in [3.05, 3.63) is 77.7 Å². The number of morpholine rings is 1. The number of hydrogen-bond donors (Lipinski definition) is 4. The van der Waals surface area contributed by atoms with Crippen LogP contribution in [0.2, 0.25) is 0 Å². The first-order chi connectivity index (χ1) is 19.9. The molecular weight excluding hydrogens is 522 g/mol. The molecule has 11 heteroatoms. The van der Waals surface area contributed by atoms with Gasteiger partial charge in [-0.3, -0.25) is 4.90 Å². The van der Waals surface area contributed by atoms with Crippen molar-refractivity contribution >= 4 is 28.7 Å². The number of anilines is 3. The second kappa shape index (κ2) is 13.0. The Bertz CT molecular complexity index is 1470. The number of nitrogens with two attached hydrogens (primary N) is 1. The minimum Gasteiger partial charge on any atom is -0.494 e. The van der Waals surface area contributed by atoms with Gasteiger partial charge < -0.3 is 30.9 Å². The number of aliphatic hydroxyl groups excluding tert-OH is 1. The van der Waals surface area contributed by atoms with Crippen molar-refractivity contribution in [2.45, 2.75) is 32.3 Å². The van der Waals surface area contributed by atoms with Crippen molar-refractivity contribution in [1.82, 2.24) is 19.5 Å². The molecule has 0 radical (unpaired) electrons. The number of hydrogen-bond acceptors (Lipinski definition) is 8. The zero-order chi connectivity index (χ0) is 28.8. The molecule has 216 valence electrons. The number of carbonyl (C=O) groups excluding carboxylic acids is 1. The summed E-state index contributed by atoms with van der Waals surface area (Å²) in [5.74, 6) is 1.21. The van der Waals surface area contributed by atoms with Gasteiger partial charge in [-0.15, -0.1) is 0 Å². The van der Waals surface area contributed by atoms with Crippen molar-refractivity contribution in [3.63, 3.8) is 0 Å². The fourth-order valence-electron chi connectivity index (χ4n) is 4.94. The maximum atomic E-state index is 12.7. The number of urea groups is 1. The Hall–Kier alpha value is -4.19. The van der Waals surface area contributed by atoms with E-state index in [1.807, 2.05) is 32.0 Å². The van der Waals surface area contributed by atoms with Crippen molar-refractivity contribution in [2.75, 3.05) is 55.8 Å². The zero-order valence-electron chi connectivity index (χ0n) is 23.4. The van der Waals surface area contributed by atoms with Gasteiger partial charge in [-0.2, -0.15) is 5.10 Å². The quantitative estimate of drug-likeness (QED) is 0.211. The third-order valence-electron chi connectivity index (χ3n) is 7.09. The van der Waals surface area contributed by atoms with Crippen LogP contribution in [0.4, 0.5) is 22.0 Å². The first-order valence-corrected chi connectivity index (χ1v) is 13.9. The highest BCUT2D eigenvalue weighted by atomic mass is 16.5. The first-order valence-electron chi connectivity index (χ1n) is 13.9. The molecule has 2 aromatic heterocycles. The number of aromatic nitrogens is 3. The van der Waals surface area contributed by atoms with Crippen LogP contribution in [-0.2, 0) is 4.74 Å². The van der Waals surface area contributed by atoms with E-state index in [2.05, 4.69) is 25.6 Å². The molecule has 1 saturated heterocycles. The van der Waals surface area contributed by atoms with E-state index < -0.39 is 12.1 Å². The standard InChI is InChI=1S/C30H37N7O4/c1-20(2)26-18-25(27-29(31)32-19-33-37(26)27)28(38)21-5-3-6-23(17-21)35-30(39)34-22-7-9-24(10-8-22)41-14-4-11-36-12-15-40-16-13-36/h3,5-10,17-20,28,38H,4,11-16H2,1-2H3,(H2,31,32,33)(H2,34,35,39). The van der Waals surface area contributed by atoms with E-state index in [9.17, 15) is 9.90 Å². The van der Waals surface area contributed by atoms with E-state index in [4.69, 9.17) is 15.2 Å². The van der Waals surface area contributed by atoms with Crippen molar-refractivity contribution in [3.8, 4) is 5.75 Å². The summed E-state index contributed by atoms with van der Waals surface area (Å²) >= 11 is 0. The van der Waals surface area contributed by atoms with Gasteiger partial charge in [0.2, 0.25) is 0 Å². The van der Waals surface area contributed by atoms with E-state index in [1.165, 1.54) is 6.33 Å². The lowest BCUT2D eigenvalue weighted by atomic mass is 10.0. The van der Waals surface area contributed by atoms with Gasteiger partial charge in [0.1, 0.15) is 23.7 Å². The minimum atomic E-state index is -0.989. The lowest BCUT2D eigenvalue weighted by Gasteiger charge is -2.26. The van der Waals surface area contributed by atoms with Crippen LogP contribution in [0.25, 0.3) is 5.52 Å². The summed E-state index contributed by atoms with van der Waals surface area (Å²) in [7, 11) is 0. The highest BCUT2D eigenvalue weighted by Crippen LogP contribution is 2.33. The van der Waals surface area contributed by atoms with Gasteiger partial charge >= 0.3 is 6.03 Å². The predicted octanol–water partition coefficient (Wildman–Crippen LogP) is 4.26. The Balaban J connectivity index is 1.17. The highest BCUT2D eigenvalue weighted by molar-refractivity contribution is 5.99. The number of carbonyl (C=O) groups is 1. The number of nitrogens with one attached hydrogen (secondary N) is 2. The molecule has 5 rings (SSSR count). The molecule has 1 aliphatic rings. The third-order valence-corrected chi connectivity index (χ3v) is 7.09. The van der Waals surface area contributed by atoms with Crippen LogP contribution in [0.15, 0.2) is 60.9 Å². The Morgan fingerprint density at radius 3 is 2.61 bits per heavy atom. The van der Waals surface area contributed by atoms with Gasteiger partial charge in [-0.25, -0.2) is 14.3 Å². The van der Waals surface area contributed by atoms with Crippen LogP contribution in [0.3, 0.4) is 0 Å². The average molecular weight is 560 g/mol. The van der Waals surface area contributed by atoms with E-state index in [1.54, 1.807) is 40.9 Å². The maximum absolute atomic E-state index is 12.7. The second-order valence-electron chi connectivity index (χ2n) is 10.4. The molecule has 1 aliphatic heterocycles.